The highest BCUT2D eigenvalue weighted by molar-refractivity contribution is 5.74. The van der Waals surface area contributed by atoms with E-state index in [2.05, 4.69) is 21.3 Å². The molecule has 12 aliphatic heterocycles. The summed E-state index contributed by atoms with van der Waals surface area (Å²) in [6.07, 6.45) is -119. The second kappa shape index (κ2) is 51.6. The zero-order valence-electron chi connectivity index (χ0n) is 77.2. The number of rotatable bonds is 37. The van der Waals surface area contributed by atoms with Crippen LogP contribution >= 0.6 is 0 Å². The normalized spacial score (nSPS) is 50.4. The number of nitrogens with one attached hydrogen (secondary N) is 4. The maximum absolute atomic E-state index is 13.4. The second-order valence-corrected chi connectivity index (χ2v) is 36.6. The summed E-state index contributed by atoms with van der Waals surface area (Å²) in [5, 5.41) is 379. The highest BCUT2D eigenvalue weighted by atomic mass is 16.8. The third-order valence-electron chi connectivity index (χ3n) is 26.6. The van der Waals surface area contributed by atoms with Crippen LogP contribution in [0.1, 0.15) is 34.6 Å². The van der Waals surface area contributed by atoms with Gasteiger partial charge in [0, 0.05) is 27.7 Å². The first-order valence-corrected chi connectivity index (χ1v) is 46.0. The molecule has 0 aliphatic carbocycles. The predicted octanol–water partition coefficient (Wildman–Crippen LogP) is -25.6. The van der Waals surface area contributed by atoms with Gasteiger partial charge in [-0.05, 0) is 6.92 Å². The van der Waals surface area contributed by atoms with Gasteiger partial charge in [0.25, 0.3) is 0 Å². The molecule has 0 aromatic rings. The molecule has 12 saturated heterocycles. The van der Waals surface area contributed by atoms with E-state index >= 15 is 0 Å². The molecule has 60 atom stereocenters. The van der Waals surface area contributed by atoms with Crippen LogP contribution in [0.5, 0.6) is 0 Å². The molecule has 0 aromatic carbocycles. The average Bonchev–Trinajstić information content (AvgIpc) is 0.772. The number of aliphatic hydroxyl groups excluding tert-OH is 33. The zero-order valence-corrected chi connectivity index (χ0v) is 77.2. The van der Waals surface area contributed by atoms with Crippen LogP contribution in [0.3, 0.4) is 0 Å². The SMILES string of the molecule is CC(=O)N[C@@H]1[C@H](O[C@@H]2[C@@H](O[C@@H]3[C@H](O)[C@H](O[C@H]4[C@H](O)[C@@H](NC(C)=O)[C@H](O[C@H]5[C@H](O)[C@@H](NC(C)=O)C(O)O[C@@H]5CO[C@@H]5O[C@@H](C)[C@@H](O)[C@@H](O)[C@@H]5O)O[C@@H]4CO)O[C@H](CO[C@H]4O[C@H](CO)[C@@H](O)[C@H](O)[C@@H]4O[C@@H]4O[C@H](CO)[C@@H](O[C@@H]5O[C@H](CO)[C@H](O[C@@H]6O[C@H](CO)[C@H](O)[C@H](O)[C@H]6O)[C@H](O)[C@H]5O)[C@H](O)[C@H]4NC(C)=O)[C@H]3O)O[C@H](CO)[C@@H](O)[C@@H]2O)O[C@H](CO)[C@@H](O[C@@H]2O[C@H](CO)[C@H](O[C@@H]3O[C@H](CO)[C@H](O)[C@H](O)[C@@H]3O)[C@H](O)[C@H]2O)[C@@H]1O. The van der Waals surface area contributed by atoms with Crippen LogP contribution in [-0.2, 0) is 128 Å². The Morgan fingerprint density at radius 1 is 0.194 bits per heavy atom. The Morgan fingerprint density at radius 3 is 0.785 bits per heavy atom. The van der Waals surface area contributed by atoms with Crippen molar-refractivity contribution < 1.29 is 297 Å². The fourth-order valence-electron chi connectivity index (χ4n) is 18.8. The van der Waals surface area contributed by atoms with Gasteiger partial charge < -0.3 is 299 Å². The lowest BCUT2D eigenvalue weighted by Crippen LogP contribution is -2.71. The molecule has 834 valence electrons. The van der Waals surface area contributed by atoms with Crippen LogP contribution in [0.25, 0.3) is 0 Å². The number of carbonyl (C=O) groups excluding carboxylic acids is 4. The lowest BCUT2D eigenvalue weighted by Gasteiger charge is -2.51. The van der Waals surface area contributed by atoms with Gasteiger partial charge in [-0.3, -0.25) is 19.2 Å². The summed E-state index contributed by atoms with van der Waals surface area (Å²) in [4.78, 5) is 52.4. The van der Waals surface area contributed by atoms with E-state index in [1.54, 1.807) is 0 Å². The van der Waals surface area contributed by atoms with Gasteiger partial charge in [0.05, 0.1) is 78.8 Å². The largest absolute Gasteiger partial charge is 0.394 e. The van der Waals surface area contributed by atoms with Crippen molar-refractivity contribution in [2.24, 2.45) is 0 Å². The Morgan fingerprint density at radius 2 is 0.424 bits per heavy atom. The van der Waals surface area contributed by atoms with Crippen LogP contribution < -0.4 is 21.3 Å². The van der Waals surface area contributed by atoms with Crippen molar-refractivity contribution in [2.75, 3.05) is 72.7 Å². The minimum Gasteiger partial charge on any atom is -0.394 e. The van der Waals surface area contributed by atoms with Crippen molar-refractivity contribution in [1.29, 1.82) is 0 Å². The van der Waals surface area contributed by atoms with Crippen LogP contribution in [0.4, 0.5) is 0 Å². The minimum atomic E-state index is -2.70. The van der Waals surface area contributed by atoms with Crippen LogP contribution in [-0.4, -0.2) is 633 Å². The van der Waals surface area contributed by atoms with E-state index in [9.17, 15) is 188 Å². The van der Waals surface area contributed by atoms with Crippen molar-refractivity contribution in [2.45, 2.75) is 403 Å². The fourth-order valence-corrected chi connectivity index (χ4v) is 18.8. The summed E-state index contributed by atoms with van der Waals surface area (Å²) in [7, 11) is 0. The van der Waals surface area contributed by atoms with Crippen molar-refractivity contribution in [3.63, 3.8) is 0 Å². The molecular formula is C80H134N4O60. The summed E-state index contributed by atoms with van der Waals surface area (Å²) < 4.78 is 136. The van der Waals surface area contributed by atoms with Crippen molar-refractivity contribution in [3.8, 4) is 0 Å². The molecule has 12 aliphatic rings. The van der Waals surface area contributed by atoms with E-state index in [0.717, 1.165) is 27.7 Å². The van der Waals surface area contributed by atoms with Crippen LogP contribution in [0.2, 0.25) is 0 Å². The summed E-state index contributed by atoms with van der Waals surface area (Å²) >= 11 is 0. The second-order valence-electron chi connectivity index (χ2n) is 36.6. The standard InChI is InChI=1S/C80H134N4O60/c1-17-37(98)47(108)54(115)73(124-17)122-16-32-65(43(104)33(69(121)125-32)81-18(2)94)136-70-34(82-19(3)95)44(105)62(28(12-91)130-70)139-78-59(120)66(142-80-68(51(112)41(102)25(9-88)129-80)144-72-36(84-21(5)97)46(107)61(27(11-90)132-72)138-77-58(119)53(114)64(30(14-93)134-77)141-75-56(117)49(110)39(100)23(7-86)127-75)42(103)31(135-78)15-123-79-67(50(111)40(101)24(8-87)128-79)143-71-35(83-20(4)96)45(106)60(26(10-89)131-71)137-76-57(118)52(113)63(29(13-92)133-76)140-74-55(116)48(109)38(99)22(6-85)126-74/h17,22-80,85-93,98-121H,6-16H2,1-5H3,(H,81,94)(H,82,95)(H,83,96)(H,84,97)/t17-,22+,23+,24+,25+,26+,27+,28+,29+,30+,31+,32+,33+,34+,35+,36-,37+,38-,39-,40+,41+,42+,43+,44+,45+,46+,47+,48-,49-,50-,51-,52+,53+,54-,55+,56-,57+,58+,59-,60+,61+,62+,63-,64-,65+,66-,67-,68-,69?,70-,71-,72-,73+,74-,75-,76-,77-,78-,79-,80+/m0/s1. The fraction of sp³-hybridized carbons (Fsp3) is 0.950. The smallest absolute Gasteiger partial charge is 0.217 e. The first-order chi connectivity index (χ1) is 68.1. The minimum absolute atomic E-state index is 0.872. The number of hydrogen-bond donors (Lipinski definition) is 37. The number of amides is 4. The van der Waals surface area contributed by atoms with E-state index in [-0.39, 0.29) is 0 Å². The molecule has 12 fully saturated rings. The van der Waals surface area contributed by atoms with Gasteiger partial charge in [-0.15, -0.1) is 0 Å². The molecule has 12 heterocycles. The number of carbonyl (C=O) groups is 4. The highest BCUT2D eigenvalue weighted by Gasteiger charge is 2.64. The van der Waals surface area contributed by atoms with E-state index in [1.807, 2.05) is 0 Å². The van der Waals surface area contributed by atoms with E-state index in [4.69, 9.17) is 109 Å². The number of hydrogen-bond acceptors (Lipinski definition) is 60. The summed E-state index contributed by atoms with van der Waals surface area (Å²) in [5.41, 5.74) is 0. The molecule has 0 bridgehead atoms. The highest BCUT2D eigenvalue weighted by Crippen LogP contribution is 2.43. The molecule has 0 radical (unpaired) electrons. The topological polar surface area (TPSA) is 996 Å². The lowest BCUT2D eigenvalue weighted by atomic mass is 9.93. The molecule has 4 amide bonds. The molecule has 144 heavy (non-hydrogen) atoms. The first-order valence-electron chi connectivity index (χ1n) is 46.0. The third-order valence-corrected chi connectivity index (χ3v) is 26.6. The monoisotopic (exact) mass is 2110 g/mol. The molecule has 64 nitrogen and oxygen atoms in total. The molecule has 1 unspecified atom stereocenters. The van der Waals surface area contributed by atoms with Gasteiger partial charge >= 0.3 is 0 Å². The molecule has 0 spiro atoms. The quantitative estimate of drug-likeness (QED) is 0.0275. The molecule has 12 rings (SSSR count). The van der Waals surface area contributed by atoms with E-state index in [0.29, 0.717) is 0 Å². The maximum atomic E-state index is 13.4. The summed E-state index contributed by atoms with van der Waals surface area (Å²) in [6, 6.07) is -8.02. The van der Waals surface area contributed by atoms with E-state index < -0.39 is 465 Å². The molecule has 64 heteroatoms. The van der Waals surface area contributed by atoms with E-state index in [1.165, 1.54) is 6.92 Å². The van der Waals surface area contributed by atoms with Gasteiger partial charge in [0.1, 0.15) is 287 Å². The predicted molar refractivity (Wildman–Crippen MR) is 440 cm³/mol. The first kappa shape index (κ1) is 118. The zero-order chi connectivity index (χ0) is 106. The Hall–Kier alpha value is -4.36. The summed E-state index contributed by atoms with van der Waals surface area (Å²) in [5.74, 6) is -3.96. The maximum Gasteiger partial charge on any atom is 0.217 e. The Labute approximate surface area is 814 Å². The molecular weight excluding hydrogens is 1980 g/mol. The molecule has 0 saturated carbocycles. The van der Waals surface area contributed by atoms with Crippen molar-refractivity contribution >= 4 is 23.6 Å². The van der Waals surface area contributed by atoms with Crippen molar-refractivity contribution in [1.82, 2.24) is 21.3 Å². The van der Waals surface area contributed by atoms with Gasteiger partial charge in [-0.1, -0.05) is 0 Å². The van der Waals surface area contributed by atoms with Gasteiger partial charge in [-0.2, -0.15) is 0 Å². The average molecular weight is 2110 g/mol. The van der Waals surface area contributed by atoms with Gasteiger partial charge in [-0.25, -0.2) is 0 Å². The Balaban J connectivity index is 0.845. The van der Waals surface area contributed by atoms with Gasteiger partial charge in [0.2, 0.25) is 23.6 Å². The molecule has 0 aromatic heterocycles. The summed E-state index contributed by atoms with van der Waals surface area (Å²) in [6.45, 7) is -7.66. The van der Waals surface area contributed by atoms with Crippen LogP contribution in [0, 0.1) is 0 Å². The van der Waals surface area contributed by atoms with Crippen LogP contribution in [0.15, 0.2) is 0 Å². The number of ether oxygens (including phenoxy) is 23. The Bertz CT molecular complexity index is 3970. The lowest BCUT2D eigenvalue weighted by molar-refractivity contribution is -0.400. The van der Waals surface area contributed by atoms with Gasteiger partial charge in [0.15, 0.2) is 75.5 Å². The molecule has 37 N–H and O–H groups in total. The van der Waals surface area contributed by atoms with Crippen molar-refractivity contribution in [3.05, 3.63) is 0 Å². The number of aliphatic hydroxyl groups is 33. The third kappa shape index (κ3) is 25.8. The Kier molecular flexibility index (Phi) is 42.4.